The lowest BCUT2D eigenvalue weighted by atomic mass is 10.1. The summed E-state index contributed by atoms with van der Waals surface area (Å²) in [6.07, 6.45) is 6.99. The van der Waals surface area contributed by atoms with Gasteiger partial charge in [0, 0.05) is 31.0 Å². The number of pyridine rings is 1. The lowest BCUT2D eigenvalue weighted by Gasteiger charge is -2.14. The number of aromatic nitrogens is 2. The van der Waals surface area contributed by atoms with Crippen LogP contribution < -0.4 is 0 Å². The lowest BCUT2D eigenvalue weighted by Crippen LogP contribution is -2.27. The molecule has 128 valence electrons. The first-order chi connectivity index (χ1) is 12.3. The maximum absolute atomic E-state index is 12.9. The highest BCUT2D eigenvalue weighted by atomic mass is 19.1. The van der Waals surface area contributed by atoms with Gasteiger partial charge < -0.3 is 9.42 Å². The Balaban J connectivity index is 0.000000258. The summed E-state index contributed by atoms with van der Waals surface area (Å²) < 4.78 is 18.1. The van der Waals surface area contributed by atoms with Gasteiger partial charge in [-0.25, -0.2) is 4.39 Å². The van der Waals surface area contributed by atoms with E-state index in [4.69, 9.17) is 4.52 Å². The van der Waals surface area contributed by atoms with Crippen molar-refractivity contribution in [2.45, 2.75) is 12.8 Å². The molecule has 2 aromatic heterocycles. The largest absolute Gasteiger partial charge is 0.355 e. The van der Waals surface area contributed by atoms with Crippen LogP contribution in [0, 0.1) is 5.82 Å². The standard InChI is InChI=1S/C14H13FN2O2.C5H5N/c15-11-5-3-10(4-6-11)13-12(9-16-19-13)14(18)17-7-1-2-8-17;1-2-4-6-5-3-1/h3-6,9H,1-2,7-8H2;1-5H. The van der Waals surface area contributed by atoms with E-state index in [0.717, 1.165) is 25.9 Å². The van der Waals surface area contributed by atoms with E-state index in [9.17, 15) is 9.18 Å². The molecule has 0 radical (unpaired) electrons. The zero-order valence-corrected chi connectivity index (χ0v) is 13.6. The minimum Gasteiger partial charge on any atom is -0.355 e. The molecular formula is C19H18FN3O2. The van der Waals surface area contributed by atoms with Gasteiger partial charge in [-0.2, -0.15) is 0 Å². The van der Waals surface area contributed by atoms with Crippen LogP contribution in [0.4, 0.5) is 4.39 Å². The van der Waals surface area contributed by atoms with E-state index in [1.807, 2.05) is 18.2 Å². The molecule has 4 rings (SSSR count). The lowest BCUT2D eigenvalue weighted by molar-refractivity contribution is 0.0793. The first kappa shape index (κ1) is 16.8. The smallest absolute Gasteiger partial charge is 0.259 e. The molecule has 0 N–H and O–H groups in total. The molecule has 3 heterocycles. The molecule has 1 amide bonds. The molecule has 0 aliphatic carbocycles. The first-order valence-corrected chi connectivity index (χ1v) is 8.10. The van der Waals surface area contributed by atoms with Gasteiger partial charge in [0.15, 0.2) is 5.76 Å². The van der Waals surface area contributed by atoms with Gasteiger partial charge in [0.1, 0.15) is 11.4 Å². The Morgan fingerprint density at radius 2 is 1.72 bits per heavy atom. The van der Waals surface area contributed by atoms with Crippen LogP contribution in [0.25, 0.3) is 11.3 Å². The van der Waals surface area contributed by atoms with Crippen molar-refractivity contribution in [1.82, 2.24) is 15.0 Å². The van der Waals surface area contributed by atoms with E-state index in [1.54, 1.807) is 29.4 Å². The molecule has 0 bridgehead atoms. The summed E-state index contributed by atoms with van der Waals surface area (Å²) in [4.78, 5) is 17.9. The number of likely N-dealkylation sites (tertiary alicyclic amines) is 1. The zero-order valence-electron chi connectivity index (χ0n) is 13.6. The molecule has 25 heavy (non-hydrogen) atoms. The van der Waals surface area contributed by atoms with E-state index in [2.05, 4.69) is 10.1 Å². The van der Waals surface area contributed by atoms with Gasteiger partial charge in [0.05, 0.1) is 6.20 Å². The van der Waals surface area contributed by atoms with Crippen LogP contribution in [-0.2, 0) is 0 Å². The van der Waals surface area contributed by atoms with Crippen LogP contribution in [0.5, 0.6) is 0 Å². The molecular weight excluding hydrogens is 321 g/mol. The number of rotatable bonds is 2. The second-order valence-corrected chi connectivity index (χ2v) is 5.60. The van der Waals surface area contributed by atoms with Crippen molar-refractivity contribution in [2.24, 2.45) is 0 Å². The Kier molecular flexibility index (Phi) is 5.51. The fourth-order valence-corrected chi connectivity index (χ4v) is 2.60. The average molecular weight is 339 g/mol. The Morgan fingerprint density at radius 3 is 2.28 bits per heavy atom. The van der Waals surface area contributed by atoms with E-state index < -0.39 is 0 Å². The van der Waals surface area contributed by atoms with Crippen molar-refractivity contribution in [3.8, 4) is 11.3 Å². The van der Waals surface area contributed by atoms with Crippen LogP contribution in [0.15, 0.2) is 65.6 Å². The summed E-state index contributed by atoms with van der Waals surface area (Å²) in [6, 6.07) is 11.5. The minimum absolute atomic E-state index is 0.0712. The molecule has 1 aliphatic heterocycles. The van der Waals surface area contributed by atoms with Gasteiger partial charge >= 0.3 is 0 Å². The quantitative estimate of drug-likeness (QED) is 0.712. The fourth-order valence-electron chi connectivity index (χ4n) is 2.60. The second kappa shape index (κ2) is 8.19. The van der Waals surface area contributed by atoms with Crippen molar-refractivity contribution < 1.29 is 13.7 Å². The van der Waals surface area contributed by atoms with Gasteiger partial charge in [0.25, 0.3) is 5.91 Å². The van der Waals surface area contributed by atoms with Gasteiger partial charge in [-0.05, 0) is 49.2 Å². The summed E-state index contributed by atoms with van der Waals surface area (Å²) in [5.41, 5.74) is 1.09. The number of carbonyl (C=O) groups excluding carboxylic acids is 1. The van der Waals surface area contributed by atoms with Crippen LogP contribution in [0.2, 0.25) is 0 Å². The van der Waals surface area contributed by atoms with Crippen LogP contribution in [0.3, 0.4) is 0 Å². The molecule has 0 unspecified atom stereocenters. The van der Waals surface area contributed by atoms with Gasteiger partial charge in [-0.15, -0.1) is 0 Å². The second-order valence-electron chi connectivity index (χ2n) is 5.60. The maximum atomic E-state index is 12.9. The topological polar surface area (TPSA) is 59.2 Å². The van der Waals surface area contributed by atoms with Crippen molar-refractivity contribution >= 4 is 5.91 Å². The van der Waals surface area contributed by atoms with Crippen molar-refractivity contribution in [3.63, 3.8) is 0 Å². The monoisotopic (exact) mass is 339 g/mol. The number of nitrogens with zero attached hydrogens (tertiary/aromatic N) is 3. The average Bonchev–Trinajstić information content (AvgIpc) is 3.36. The molecule has 0 saturated carbocycles. The molecule has 0 atom stereocenters. The van der Waals surface area contributed by atoms with E-state index >= 15 is 0 Å². The molecule has 3 aromatic rings. The SMILES string of the molecule is O=C(c1cnoc1-c1ccc(F)cc1)N1CCCC1.c1ccncc1. The third-order valence-corrected chi connectivity index (χ3v) is 3.87. The highest BCUT2D eigenvalue weighted by Gasteiger charge is 2.25. The molecule has 1 aliphatic rings. The minimum atomic E-state index is -0.323. The number of amides is 1. The summed E-state index contributed by atoms with van der Waals surface area (Å²) in [5.74, 6) is 0.00524. The third-order valence-electron chi connectivity index (χ3n) is 3.87. The molecule has 1 fully saturated rings. The maximum Gasteiger partial charge on any atom is 0.259 e. The van der Waals surface area contributed by atoms with Gasteiger partial charge in [0.2, 0.25) is 0 Å². The van der Waals surface area contributed by atoms with E-state index in [0.29, 0.717) is 16.9 Å². The summed E-state index contributed by atoms with van der Waals surface area (Å²) in [5, 5.41) is 3.70. The van der Waals surface area contributed by atoms with Crippen molar-refractivity contribution in [2.75, 3.05) is 13.1 Å². The molecule has 1 saturated heterocycles. The Morgan fingerprint density at radius 1 is 1.04 bits per heavy atom. The van der Waals surface area contributed by atoms with Crippen LogP contribution in [-0.4, -0.2) is 34.0 Å². The predicted octanol–water partition coefficient (Wildman–Crippen LogP) is 3.80. The number of carbonyl (C=O) groups is 1. The highest BCUT2D eigenvalue weighted by molar-refractivity contribution is 5.99. The number of halogens is 1. The zero-order chi connectivity index (χ0) is 17.5. The van der Waals surface area contributed by atoms with Crippen LogP contribution in [0.1, 0.15) is 23.2 Å². The summed E-state index contributed by atoms with van der Waals surface area (Å²) >= 11 is 0. The van der Waals surface area contributed by atoms with Gasteiger partial charge in [-0.3, -0.25) is 9.78 Å². The Bertz CT molecular complexity index is 770. The molecule has 5 nitrogen and oxygen atoms in total. The highest BCUT2D eigenvalue weighted by Crippen LogP contribution is 2.25. The molecule has 1 aromatic carbocycles. The number of hydrogen-bond acceptors (Lipinski definition) is 4. The Hall–Kier alpha value is -3.02. The van der Waals surface area contributed by atoms with Crippen molar-refractivity contribution in [3.05, 3.63) is 72.4 Å². The fraction of sp³-hybridized carbons (Fsp3) is 0.211. The van der Waals surface area contributed by atoms with E-state index in [1.165, 1.54) is 18.3 Å². The summed E-state index contributed by atoms with van der Waals surface area (Å²) in [6.45, 7) is 1.54. The van der Waals surface area contributed by atoms with Gasteiger partial charge in [-0.1, -0.05) is 11.2 Å². The third kappa shape index (κ3) is 4.29. The normalized spacial score (nSPS) is 13.2. The molecule has 0 spiro atoms. The number of hydrogen-bond donors (Lipinski definition) is 0. The van der Waals surface area contributed by atoms with Crippen LogP contribution >= 0.6 is 0 Å². The predicted molar refractivity (Wildman–Crippen MR) is 91.3 cm³/mol. The Labute approximate surface area is 145 Å². The molecule has 6 heteroatoms. The van der Waals surface area contributed by atoms with Crippen molar-refractivity contribution in [1.29, 1.82) is 0 Å². The summed E-state index contributed by atoms with van der Waals surface area (Å²) in [7, 11) is 0. The first-order valence-electron chi connectivity index (χ1n) is 8.10. The van der Waals surface area contributed by atoms with E-state index in [-0.39, 0.29) is 11.7 Å². The number of benzene rings is 1.